The second-order valence-electron chi connectivity index (χ2n) is 17.0. The molecule has 6 N–H and O–H groups in total. The van der Waals surface area contributed by atoms with Gasteiger partial charge in [0, 0.05) is 31.3 Å². The van der Waals surface area contributed by atoms with Crippen molar-refractivity contribution in [2.24, 2.45) is 29.1 Å². The van der Waals surface area contributed by atoms with Crippen LogP contribution in [-0.2, 0) is 38.6 Å². The topological polar surface area (TPSA) is 175 Å². The molecule has 3 unspecified atom stereocenters. The van der Waals surface area contributed by atoms with E-state index in [1.54, 1.807) is 6.20 Å². The molecule has 3 aliphatic carbocycles. The molecule has 12 heteroatoms. The van der Waals surface area contributed by atoms with Gasteiger partial charge in [-0.15, -0.1) is 0 Å². The molecule has 3 aliphatic rings. The van der Waals surface area contributed by atoms with Crippen LogP contribution >= 0.6 is 0 Å². The largest absolute Gasteiger partial charge is 0.445 e. The number of imidazole rings is 1. The first-order valence-corrected chi connectivity index (χ1v) is 20.3. The fourth-order valence-electron chi connectivity index (χ4n) is 8.86. The van der Waals surface area contributed by atoms with Crippen molar-refractivity contribution in [2.75, 3.05) is 6.54 Å². The number of alkyl carbamates (subject to hydrolysis) is 1. The van der Waals surface area contributed by atoms with Crippen LogP contribution in [0.3, 0.4) is 0 Å². The van der Waals surface area contributed by atoms with Gasteiger partial charge in [0.2, 0.25) is 17.7 Å². The summed E-state index contributed by atoms with van der Waals surface area (Å²) in [6, 6.07) is 19.8. The first-order valence-electron chi connectivity index (χ1n) is 20.3. The lowest BCUT2D eigenvalue weighted by atomic mass is 9.45. The number of amides is 4. The van der Waals surface area contributed by atoms with E-state index in [0.29, 0.717) is 35.9 Å². The van der Waals surface area contributed by atoms with Crippen LogP contribution in [-0.4, -0.2) is 69.7 Å². The highest BCUT2D eigenvalue weighted by Crippen LogP contribution is 2.61. The molecule has 7 atom stereocenters. The van der Waals surface area contributed by atoms with Gasteiger partial charge in [0.15, 0.2) is 0 Å². The predicted octanol–water partition coefficient (Wildman–Crippen LogP) is 5.60. The number of aromatic nitrogens is 2. The molecule has 0 aliphatic heterocycles. The smallest absolute Gasteiger partial charge is 0.408 e. The van der Waals surface area contributed by atoms with Gasteiger partial charge in [0.25, 0.3) is 0 Å². The van der Waals surface area contributed by atoms with Crippen LogP contribution in [0.1, 0.15) is 76.6 Å². The van der Waals surface area contributed by atoms with Gasteiger partial charge in [0.1, 0.15) is 18.7 Å². The number of hydrogen-bond donors (Lipinski definition) is 6. The number of aliphatic hydroxyl groups excluding tert-OH is 1. The molecule has 2 bridgehead atoms. The Morgan fingerprint density at radius 2 is 1.61 bits per heavy atom. The highest BCUT2D eigenvalue weighted by Gasteiger charge is 2.54. The van der Waals surface area contributed by atoms with Gasteiger partial charge in [-0.05, 0) is 76.7 Å². The molecule has 57 heavy (non-hydrogen) atoms. The molecule has 0 saturated heterocycles. The minimum Gasteiger partial charge on any atom is -0.445 e. The number of rotatable bonds is 18. The number of carbonyl (C=O) groups excluding carboxylic acids is 4. The van der Waals surface area contributed by atoms with Crippen molar-refractivity contribution in [1.82, 2.24) is 31.2 Å². The van der Waals surface area contributed by atoms with Gasteiger partial charge in [-0.3, -0.25) is 14.4 Å². The molecule has 3 fully saturated rings. The van der Waals surface area contributed by atoms with Gasteiger partial charge in [0.05, 0.1) is 24.9 Å². The normalized spacial score (nSPS) is 20.4. The van der Waals surface area contributed by atoms with E-state index in [2.05, 4.69) is 45.1 Å². The van der Waals surface area contributed by atoms with Crippen LogP contribution in [0.4, 0.5) is 4.79 Å². The maximum atomic E-state index is 14.3. The summed E-state index contributed by atoms with van der Waals surface area (Å²) in [4.78, 5) is 61.9. The third-order valence-corrected chi connectivity index (χ3v) is 12.2. The molecule has 0 spiro atoms. The Kier molecular flexibility index (Phi) is 13.7. The number of nitrogens with zero attached hydrogens (tertiary/aromatic N) is 1. The third-order valence-electron chi connectivity index (χ3n) is 12.2. The molecule has 0 radical (unpaired) electrons. The van der Waals surface area contributed by atoms with Crippen molar-refractivity contribution in [2.45, 2.75) is 103 Å². The Bertz CT molecular complexity index is 1960. The molecule has 3 saturated carbocycles. The summed E-state index contributed by atoms with van der Waals surface area (Å²) in [5, 5.41) is 25.0. The molecule has 12 nitrogen and oxygen atoms in total. The summed E-state index contributed by atoms with van der Waals surface area (Å²) < 4.78 is 5.50. The van der Waals surface area contributed by atoms with Crippen molar-refractivity contribution in [3.63, 3.8) is 0 Å². The molecular formula is C45H58N6O6. The summed E-state index contributed by atoms with van der Waals surface area (Å²) in [5.41, 5.74) is 2.52. The summed E-state index contributed by atoms with van der Waals surface area (Å²) in [5.74, 6) is 0.485. The average Bonchev–Trinajstić information content (AvgIpc) is 3.72. The number of hydrogen-bond acceptors (Lipinski definition) is 7. The Labute approximate surface area is 335 Å². The van der Waals surface area contributed by atoms with Crippen LogP contribution < -0.4 is 21.3 Å². The summed E-state index contributed by atoms with van der Waals surface area (Å²) in [6.07, 6.45) is 5.04. The van der Waals surface area contributed by atoms with Gasteiger partial charge in [-0.2, -0.15) is 0 Å². The Morgan fingerprint density at radius 1 is 0.895 bits per heavy atom. The highest BCUT2D eigenvalue weighted by atomic mass is 16.5. The SMILES string of the molecule is CC(C)C[C@H](NC(=O)[C@H](Cc1cnc[nH]1)NC(=O)[C@H](Cc1cccc2ccccc12)NC(=O)OCc1ccccc1)[C@@H](O)CC(=O)NCC1CCC2CC1C2(C)C. The summed E-state index contributed by atoms with van der Waals surface area (Å²) in [6.45, 7) is 9.21. The first kappa shape index (κ1) is 41.4. The fraction of sp³-hybridized carbons (Fsp3) is 0.489. The summed E-state index contributed by atoms with van der Waals surface area (Å²) in [7, 11) is 0. The predicted molar refractivity (Wildman–Crippen MR) is 219 cm³/mol. The monoisotopic (exact) mass is 778 g/mol. The van der Waals surface area contributed by atoms with E-state index < -0.39 is 42.1 Å². The number of aromatic amines is 1. The van der Waals surface area contributed by atoms with Crippen molar-refractivity contribution >= 4 is 34.6 Å². The fourth-order valence-corrected chi connectivity index (χ4v) is 8.86. The first-order chi connectivity index (χ1) is 27.4. The zero-order valence-corrected chi connectivity index (χ0v) is 33.5. The lowest BCUT2D eigenvalue weighted by molar-refractivity contribution is -0.131. The van der Waals surface area contributed by atoms with Crippen LogP contribution in [0.25, 0.3) is 10.8 Å². The molecule has 304 valence electrons. The maximum Gasteiger partial charge on any atom is 0.408 e. The Morgan fingerprint density at radius 3 is 2.33 bits per heavy atom. The number of carbonyl (C=O) groups is 4. The molecule has 3 aromatic carbocycles. The number of fused-ring (bicyclic) bond motifs is 3. The summed E-state index contributed by atoms with van der Waals surface area (Å²) >= 11 is 0. The molecule has 7 rings (SSSR count). The maximum absolute atomic E-state index is 14.3. The second-order valence-corrected chi connectivity index (χ2v) is 17.0. The Hall–Kier alpha value is -5.23. The number of ether oxygens (including phenoxy) is 1. The van der Waals surface area contributed by atoms with E-state index in [1.807, 2.05) is 86.6 Å². The van der Waals surface area contributed by atoms with E-state index in [1.165, 1.54) is 19.2 Å². The van der Waals surface area contributed by atoms with Crippen LogP contribution in [0.5, 0.6) is 0 Å². The lowest BCUT2D eigenvalue weighted by Gasteiger charge is -2.60. The second kappa shape index (κ2) is 18.8. The molecule has 1 heterocycles. The van der Waals surface area contributed by atoms with Crippen molar-refractivity contribution in [3.05, 3.63) is 102 Å². The highest BCUT2D eigenvalue weighted by molar-refractivity contribution is 5.93. The quantitative estimate of drug-likeness (QED) is 0.0763. The van der Waals surface area contributed by atoms with Crippen LogP contribution in [0, 0.1) is 29.1 Å². The van der Waals surface area contributed by atoms with E-state index in [0.717, 1.165) is 34.2 Å². The van der Waals surface area contributed by atoms with Crippen LogP contribution in [0.15, 0.2) is 85.3 Å². The van der Waals surface area contributed by atoms with E-state index in [4.69, 9.17) is 4.74 Å². The Balaban J connectivity index is 1.15. The number of benzene rings is 3. The molecular weight excluding hydrogens is 721 g/mol. The lowest BCUT2D eigenvalue weighted by Crippen LogP contribution is -2.57. The van der Waals surface area contributed by atoms with Crippen molar-refractivity contribution < 1.29 is 29.0 Å². The standard InChI is InChI=1S/C45H58N6O6/c1-28(2)19-37(40(52)23-41(53)47-24-32-17-18-33-21-36(32)45(33,3)4)49-43(55)39(22-34-25-46-27-48-34)50-42(54)38(51-44(56)57-26-29-11-6-5-7-12-29)20-31-15-10-14-30-13-8-9-16-35(30)31/h5-16,25,27-28,32-33,36-40,52H,17-24,26H2,1-4H3,(H,46,48)(H,47,53)(H,49,55)(H,50,54)(H,51,56)/t32?,33?,36?,37-,38-,39-,40-/m0/s1. The van der Waals surface area contributed by atoms with Crippen molar-refractivity contribution in [3.8, 4) is 0 Å². The van der Waals surface area contributed by atoms with Gasteiger partial charge < -0.3 is 36.1 Å². The van der Waals surface area contributed by atoms with Gasteiger partial charge in [-0.1, -0.05) is 100 Å². The third kappa shape index (κ3) is 10.8. The molecule has 1 aromatic heterocycles. The minimum absolute atomic E-state index is 0.0113. The van der Waals surface area contributed by atoms with Gasteiger partial charge in [-0.25, -0.2) is 9.78 Å². The zero-order chi connectivity index (χ0) is 40.5. The molecule has 4 amide bonds. The number of nitrogens with one attached hydrogen (secondary N) is 5. The van der Waals surface area contributed by atoms with Gasteiger partial charge >= 0.3 is 6.09 Å². The number of aliphatic hydroxyl groups is 1. The number of H-pyrrole nitrogens is 1. The van der Waals surface area contributed by atoms with E-state index in [9.17, 15) is 24.3 Å². The van der Waals surface area contributed by atoms with E-state index in [-0.39, 0.29) is 37.7 Å². The average molecular weight is 779 g/mol. The van der Waals surface area contributed by atoms with Crippen LogP contribution in [0.2, 0.25) is 0 Å². The zero-order valence-electron chi connectivity index (χ0n) is 33.5. The van der Waals surface area contributed by atoms with E-state index >= 15 is 0 Å². The molecule has 4 aromatic rings. The van der Waals surface area contributed by atoms with Crippen molar-refractivity contribution in [1.29, 1.82) is 0 Å². The minimum atomic E-state index is -1.16.